The summed E-state index contributed by atoms with van der Waals surface area (Å²) < 4.78 is 5.13. The minimum Gasteiger partial charge on any atom is -0.461 e. The van der Waals surface area contributed by atoms with Gasteiger partial charge in [-0.15, -0.1) is 0 Å². The van der Waals surface area contributed by atoms with Crippen LogP contribution in [0.1, 0.15) is 54.0 Å². The molecule has 0 fully saturated rings. The number of hydrogen-bond donors (Lipinski definition) is 1. The molecule has 1 aliphatic rings. The van der Waals surface area contributed by atoms with E-state index >= 15 is 0 Å². The third kappa shape index (κ3) is 1.99. The summed E-state index contributed by atoms with van der Waals surface area (Å²) in [6.45, 7) is 4.27. The summed E-state index contributed by atoms with van der Waals surface area (Å²) in [6, 6.07) is 0. The van der Waals surface area contributed by atoms with Gasteiger partial charge in [-0.2, -0.15) is 0 Å². The molecule has 4 heteroatoms. The van der Waals surface area contributed by atoms with Gasteiger partial charge >= 0.3 is 5.97 Å². The normalized spacial score (nSPS) is 14.3. The van der Waals surface area contributed by atoms with Gasteiger partial charge in [0.15, 0.2) is 5.69 Å². The average molecular weight is 272 g/mol. The van der Waals surface area contributed by atoms with Gasteiger partial charge in [0.1, 0.15) is 0 Å². The first-order chi connectivity index (χ1) is 9.76. The number of nitrogens with zero attached hydrogens (tertiary/aromatic N) is 1. The number of pyridine rings is 1. The maximum absolute atomic E-state index is 12.1. The summed E-state index contributed by atoms with van der Waals surface area (Å²) in [5, 5.41) is 1.21. The molecule has 2 aromatic rings. The Labute approximate surface area is 118 Å². The Hall–Kier alpha value is -1.84. The van der Waals surface area contributed by atoms with Crippen molar-refractivity contribution in [2.75, 3.05) is 6.61 Å². The third-order valence-corrected chi connectivity index (χ3v) is 4.06. The third-order valence-electron chi connectivity index (χ3n) is 4.06. The van der Waals surface area contributed by atoms with Crippen LogP contribution in [-0.2, 0) is 24.0 Å². The van der Waals surface area contributed by atoms with Crippen LogP contribution >= 0.6 is 0 Å². The second-order valence-electron chi connectivity index (χ2n) is 5.24. The molecule has 0 bridgehead atoms. The van der Waals surface area contributed by atoms with E-state index in [-0.39, 0.29) is 5.97 Å². The van der Waals surface area contributed by atoms with Crippen molar-refractivity contribution >= 4 is 16.9 Å². The maximum atomic E-state index is 12.1. The number of ether oxygens (including phenoxy) is 1. The number of carbonyl (C=O) groups excluding carboxylic acids is 1. The van der Waals surface area contributed by atoms with Gasteiger partial charge in [0.2, 0.25) is 0 Å². The van der Waals surface area contributed by atoms with Gasteiger partial charge in [0, 0.05) is 11.1 Å². The number of aromatic amines is 1. The summed E-state index contributed by atoms with van der Waals surface area (Å²) >= 11 is 0. The molecule has 0 aliphatic heterocycles. The Kier molecular flexibility index (Phi) is 3.47. The van der Waals surface area contributed by atoms with Crippen molar-refractivity contribution in [3.8, 4) is 0 Å². The summed E-state index contributed by atoms with van der Waals surface area (Å²) in [6.07, 6.45) is 7.22. The smallest absolute Gasteiger partial charge is 0.357 e. The van der Waals surface area contributed by atoms with Crippen molar-refractivity contribution in [3.63, 3.8) is 0 Å². The quantitative estimate of drug-likeness (QED) is 0.873. The number of esters is 1. The van der Waals surface area contributed by atoms with E-state index in [0.29, 0.717) is 12.3 Å². The minimum atomic E-state index is -0.308. The lowest BCUT2D eigenvalue weighted by molar-refractivity contribution is 0.0518. The SMILES string of the molecule is CCOC(=O)c1ncc2[nH]c3c(c2c1CC)CCCC3. The standard InChI is InChI=1S/C16H20N2O2/c1-3-10-14-11-7-5-6-8-12(11)18-13(14)9-17-15(10)16(19)20-4-2/h9,18H,3-8H2,1-2H3. The molecule has 0 amide bonds. The zero-order valence-corrected chi connectivity index (χ0v) is 12.1. The van der Waals surface area contributed by atoms with Crippen LogP contribution in [-0.4, -0.2) is 22.5 Å². The van der Waals surface area contributed by atoms with Crippen LogP contribution in [0.3, 0.4) is 0 Å². The van der Waals surface area contributed by atoms with Crippen molar-refractivity contribution in [1.82, 2.24) is 9.97 Å². The number of aromatic nitrogens is 2. The molecule has 0 aromatic carbocycles. The van der Waals surface area contributed by atoms with Gasteiger partial charge in [-0.25, -0.2) is 9.78 Å². The van der Waals surface area contributed by atoms with Crippen LogP contribution in [0.15, 0.2) is 6.20 Å². The van der Waals surface area contributed by atoms with Gasteiger partial charge in [-0.3, -0.25) is 0 Å². The van der Waals surface area contributed by atoms with Crippen LogP contribution in [0.5, 0.6) is 0 Å². The highest BCUT2D eigenvalue weighted by molar-refractivity contribution is 5.97. The molecule has 3 rings (SSSR count). The lowest BCUT2D eigenvalue weighted by Crippen LogP contribution is -2.11. The molecular weight excluding hydrogens is 252 g/mol. The summed E-state index contributed by atoms with van der Waals surface area (Å²) in [7, 11) is 0. The van der Waals surface area contributed by atoms with Crippen LogP contribution in [0.25, 0.3) is 10.9 Å². The highest BCUT2D eigenvalue weighted by Gasteiger charge is 2.22. The molecule has 0 radical (unpaired) electrons. The van der Waals surface area contributed by atoms with Gasteiger partial charge in [-0.05, 0) is 50.2 Å². The Morgan fingerprint density at radius 2 is 2.15 bits per heavy atom. The first kappa shape index (κ1) is 13.2. The van der Waals surface area contributed by atoms with Crippen LogP contribution in [0.4, 0.5) is 0 Å². The van der Waals surface area contributed by atoms with Crippen molar-refractivity contribution in [3.05, 3.63) is 28.7 Å². The molecule has 4 nitrogen and oxygen atoms in total. The van der Waals surface area contributed by atoms with Crippen LogP contribution < -0.4 is 0 Å². The molecule has 20 heavy (non-hydrogen) atoms. The van der Waals surface area contributed by atoms with E-state index in [1.807, 2.05) is 6.92 Å². The molecule has 1 aliphatic carbocycles. The van der Waals surface area contributed by atoms with Crippen LogP contribution in [0, 0.1) is 0 Å². The number of rotatable bonds is 3. The minimum absolute atomic E-state index is 0.308. The summed E-state index contributed by atoms with van der Waals surface area (Å²) in [4.78, 5) is 19.9. The zero-order valence-electron chi connectivity index (χ0n) is 12.1. The molecule has 0 unspecified atom stereocenters. The van der Waals surface area contributed by atoms with E-state index in [2.05, 4.69) is 16.9 Å². The van der Waals surface area contributed by atoms with E-state index in [0.717, 1.165) is 30.3 Å². The van der Waals surface area contributed by atoms with E-state index in [4.69, 9.17) is 4.74 Å². The fourth-order valence-corrected chi connectivity index (χ4v) is 3.19. The number of carbonyl (C=O) groups is 1. The van der Waals surface area contributed by atoms with Crippen molar-refractivity contribution < 1.29 is 9.53 Å². The van der Waals surface area contributed by atoms with Gasteiger partial charge in [-0.1, -0.05) is 6.92 Å². The first-order valence-electron chi connectivity index (χ1n) is 7.44. The number of H-pyrrole nitrogens is 1. The Morgan fingerprint density at radius 1 is 1.35 bits per heavy atom. The molecule has 106 valence electrons. The molecular formula is C16H20N2O2. The Morgan fingerprint density at radius 3 is 2.90 bits per heavy atom. The first-order valence-corrected chi connectivity index (χ1v) is 7.44. The van der Waals surface area contributed by atoms with E-state index < -0.39 is 0 Å². The lowest BCUT2D eigenvalue weighted by Gasteiger charge is -2.13. The number of aryl methyl sites for hydroxylation is 3. The van der Waals surface area contributed by atoms with E-state index in [1.54, 1.807) is 6.20 Å². The van der Waals surface area contributed by atoms with Crippen LogP contribution in [0.2, 0.25) is 0 Å². The van der Waals surface area contributed by atoms with Gasteiger partial charge < -0.3 is 9.72 Å². The fraction of sp³-hybridized carbons (Fsp3) is 0.500. The topological polar surface area (TPSA) is 55.0 Å². The molecule has 2 heterocycles. The highest BCUT2D eigenvalue weighted by atomic mass is 16.5. The predicted octanol–water partition coefficient (Wildman–Crippen LogP) is 3.18. The summed E-state index contributed by atoms with van der Waals surface area (Å²) in [5.41, 5.74) is 5.27. The zero-order chi connectivity index (χ0) is 14.1. The molecule has 0 atom stereocenters. The maximum Gasteiger partial charge on any atom is 0.357 e. The van der Waals surface area contributed by atoms with E-state index in [1.165, 1.54) is 29.5 Å². The number of fused-ring (bicyclic) bond motifs is 3. The second kappa shape index (κ2) is 5.27. The molecule has 0 saturated carbocycles. The average Bonchev–Trinajstić information content (AvgIpc) is 2.85. The Bertz CT molecular complexity index is 658. The molecule has 0 spiro atoms. The molecule has 0 saturated heterocycles. The molecule has 2 aromatic heterocycles. The number of nitrogens with one attached hydrogen (secondary N) is 1. The van der Waals surface area contributed by atoms with Crippen molar-refractivity contribution in [2.24, 2.45) is 0 Å². The van der Waals surface area contributed by atoms with Gasteiger partial charge in [0.25, 0.3) is 0 Å². The summed E-state index contributed by atoms with van der Waals surface area (Å²) in [5.74, 6) is -0.308. The molecule has 1 N–H and O–H groups in total. The number of hydrogen-bond acceptors (Lipinski definition) is 3. The van der Waals surface area contributed by atoms with E-state index in [9.17, 15) is 4.79 Å². The lowest BCUT2D eigenvalue weighted by atomic mass is 9.93. The second-order valence-corrected chi connectivity index (χ2v) is 5.24. The van der Waals surface area contributed by atoms with Crippen molar-refractivity contribution in [2.45, 2.75) is 46.0 Å². The highest BCUT2D eigenvalue weighted by Crippen LogP contribution is 2.32. The fourth-order valence-electron chi connectivity index (χ4n) is 3.19. The largest absolute Gasteiger partial charge is 0.461 e. The van der Waals surface area contributed by atoms with Crippen molar-refractivity contribution in [1.29, 1.82) is 0 Å². The Balaban J connectivity index is 2.21. The van der Waals surface area contributed by atoms with Gasteiger partial charge in [0.05, 0.1) is 18.3 Å². The predicted molar refractivity (Wildman–Crippen MR) is 78.1 cm³/mol. The monoisotopic (exact) mass is 272 g/mol.